The molecule has 2 aromatic carbocycles. The number of hydrogen-bond donors (Lipinski definition) is 2. The minimum absolute atomic E-state index is 0.258. The summed E-state index contributed by atoms with van der Waals surface area (Å²) < 4.78 is 6.97. The van der Waals surface area contributed by atoms with Crippen molar-refractivity contribution >= 4 is 23.5 Å². The Kier molecular flexibility index (Phi) is 5.86. The number of esters is 1. The molecular weight excluding hydrogens is 358 g/mol. The molecule has 2 N–H and O–H groups in total. The largest absolute Gasteiger partial charge is 0.452 e. The SMILES string of the molecule is CNC(=O)c1cccc(NC(=O)COC(=O)c2ccc(-n3cccc3)cc2)c1. The smallest absolute Gasteiger partial charge is 0.338 e. The van der Waals surface area contributed by atoms with Crippen LogP contribution in [0.25, 0.3) is 5.69 Å². The molecule has 142 valence electrons. The fraction of sp³-hybridized carbons (Fsp3) is 0.0952. The Labute approximate surface area is 161 Å². The van der Waals surface area contributed by atoms with Gasteiger partial charge in [-0.1, -0.05) is 6.07 Å². The highest BCUT2D eigenvalue weighted by molar-refractivity contribution is 5.98. The zero-order valence-electron chi connectivity index (χ0n) is 15.2. The summed E-state index contributed by atoms with van der Waals surface area (Å²) in [5.41, 5.74) is 2.12. The normalized spacial score (nSPS) is 10.2. The van der Waals surface area contributed by atoms with Gasteiger partial charge in [0.2, 0.25) is 0 Å². The van der Waals surface area contributed by atoms with Crippen molar-refractivity contribution in [1.29, 1.82) is 0 Å². The highest BCUT2D eigenvalue weighted by Gasteiger charge is 2.11. The van der Waals surface area contributed by atoms with Gasteiger partial charge in [0, 0.05) is 36.4 Å². The van der Waals surface area contributed by atoms with Gasteiger partial charge in [0.1, 0.15) is 0 Å². The van der Waals surface area contributed by atoms with Crippen molar-refractivity contribution in [2.45, 2.75) is 0 Å². The van der Waals surface area contributed by atoms with Gasteiger partial charge in [-0.3, -0.25) is 9.59 Å². The van der Waals surface area contributed by atoms with Crippen LogP contribution in [-0.2, 0) is 9.53 Å². The Morgan fingerprint density at radius 1 is 0.929 bits per heavy atom. The lowest BCUT2D eigenvalue weighted by Gasteiger charge is -2.08. The number of anilines is 1. The lowest BCUT2D eigenvalue weighted by Crippen LogP contribution is -2.22. The highest BCUT2D eigenvalue weighted by atomic mass is 16.5. The molecule has 0 unspecified atom stereocenters. The summed E-state index contributed by atoms with van der Waals surface area (Å²) in [7, 11) is 1.53. The molecular formula is C21H19N3O4. The molecule has 7 nitrogen and oxygen atoms in total. The summed E-state index contributed by atoms with van der Waals surface area (Å²) in [6, 6.07) is 17.2. The number of ether oxygens (including phenoxy) is 1. The highest BCUT2D eigenvalue weighted by Crippen LogP contribution is 2.12. The summed E-state index contributed by atoms with van der Waals surface area (Å²) in [6.07, 6.45) is 3.80. The lowest BCUT2D eigenvalue weighted by molar-refractivity contribution is -0.119. The van der Waals surface area contributed by atoms with Crippen LogP contribution >= 0.6 is 0 Å². The maximum Gasteiger partial charge on any atom is 0.338 e. The minimum Gasteiger partial charge on any atom is -0.452 e. The Balaban J connectivity index is 1.54. The Bertz CT molecular complexity index is 979. The summed E-state index contributed by atoms with van der Waals surface area (Å²) >= 11 is 0. The van der Waals surface area contributed by atoms with Crippen LogP contribution in [0, 0.1) is 0 Å². The average molecular weight is 377 g/mol. The number of rotatable bonds is 6. The quantitative estimate of drug-likeness (QED) is 0.646. The van der Waals surface area contributed by atoms with Gasteiger partial charge < -0.3 is 19.9 Å². The van der Waals surface area contributed by atoms with Crippen LogP contribution in [0.4, 0.5) is 5.69 Å². The van der Waals surface area contributed by atoms with Gasteiger partial charge in [0.15, 0.2) is 6.61 Å². The molecule has 2 amide bonds. The first kappa shape index (κ1) is 18.9. The van der Waals surface area contributed by atoms with Crippen LogP contribution in [0.3, 0.4) is 0 Å². The second kappa shape index (κ2) is 8.68. The van der Waals surface area contributed by atoms with E-state index in [1.807, 2.05) is 29.1 Å². The molecule has 3 aromatic rings. The number of nitrogens with zero attached hydrogens (tertiary/aromatic N) is 1. The van der Waals surface area contributed by atoms with Crippen molar-refractivity contribution in [3.63, 3.8) is 0 Å². The first-order valence-corrected chi connectivity index (χ1v) is 8.59. The summed E-state index contributed by atoms with van der Waals surface area (Å²) in [5.74, 6) is -1.34. The molecule has 1 aromatic heterocycles. The van der Waals surface area contributed by atoms with Gasteiger partial charge in [0.05, 0.1) is 5.56 Å². The van der Waals surface area contributed by atoms with E-state index in [4.69, 9.17) is 4.74 Å². The summed E-state index contributed by atoms with van der Waals surface area (Å²) in [4.78, 5) is 35.8. The van der Waals surface area contributed by atoms with E-state index in [0.29, 0.717) is 16.8 Å². The molecule has 0 atom stereocenters. The molecule has 1 heterocycles. The number of amides is 2. The van der Waals surface area contributed by atoms with Crippen LogP contribution in [-0.4, -0.2) is 36.0 Å². The van der Waals surface area contributed by atoms with Gasteiger partial charge in [-0.05, 0) is 54.6 Å². The molecule has 0 bridgehead atoms. The van der Waals surface area contributed by atoms with E-state index >= 15 is 0 Å². The second-order valence-corrected chi connectivity index (χ2v) is 5.92. The first-order valence-electron chi connectivity index (χ1n) is 8.59. The van der Waals surface area contributed by atoms with Crippen molar-refractivity contribution < 1.29 is 19.1 Å². The molecule has 7 heteroatoms. The predicted octanol–water partition coefficient (Wildman–Crippen LogP) is 2.63. The summed E-state index contributed by atoms with van der Waals surface area (Å²) in [5, 5.41) is 5.11. The van der Waals surface area contributed by atoms with Gasteiger partial charge in [-0.15, -0.1) is 0 Å². The Morgan fingerprint density at radius 3 is 2.32 bits per heavy atom. The first-order chi connectivity index (χ1) is 13.6. The topological polar surface area (TPSA) is 89.4 Å². The van der Waals surface area contributed by atoms with Crippen molar-refractivity contribution in [2.75, 3.05) is 19.0 Å². The third-order valence-electron chi connectivity index (χ3n) is 3.98. The summed E-state index contributed by atoms with van der Waals surface area (Å²) in [6.45, 7) is -0.428. The van der Waals surface area contributed by atoms with Crippen LogP contribution in [0.1, 0.15) is 20.7 Å². The molecule has 0 aliphatic rings. The fourth-order valence-electron chi connectivity index (χ4n) is 2.57. The minimum atomic E-state index is -0.590. The lowest BCUT2D eigenvalue weighted by atomic mass is 10.2. The average Bonchev–Trinajstić information content (AvgIpc) is 3.26. The van der Waals surface area contributed by atoms with Crippen molar-refractivity contribution in [2.24, 2.45) is 0 Å². The van der Waals surface area contributed by atoms with Crippen LogP contribution < -0.4 is 10.6 Å². The number of aromatic nitrogens is 1. The monoisotopic (exact) mass is 377 g/mol. The third-order valence-corrected chi connectivity index (χ3v) is 3.98. The van der Waals surface area contributed by atoms with Crippen molar-refractivity contribution in [3.8, 4) is 5.69 Å². The molecule has 0 fully saturated rings. The molecule has 0 radical (unpaired) electrons. The molecule has 3 rings (SSSR count). The molecule has 0 saturated carbocycles. The maximum absolute atomic E-state index is 12.1. The van der Waals surface area contributed by atoms with E-state index in [1.165, 1.54) is 7.05 Å². The number of benzene rings is 2. The predicted molar refractivity (Wildman–Crippen MR) is 105 cm³/mol. The maximum atomic E-state index is 12.1. The number of carbonyl (C=O) groups excluding carboxylic acids is 3. The number of hydrogen-bond acceptors (Lipinski definition) is 4. The number of carbonyl (C=O) groups is 3. The molecule has 28 heavy (non-hydrogen) atoms. The van der Waals surface area contributed by atoms with Gasteiger partial charge in [-0.2, -0.15) is 0 Å². The van der Waals surface area contributed by atoms with Crippen molar-refractivity contribution in [3.05, 3.63) is 84.2 Å². The molecule has 0 spiro atoms. The fourth-order valence-corrected chi connectivity index (χ4v) is 2.57. The van der Waals surface area contributed by atoms with E-state index in [0.717, 1.165) is 5.69 Å². The van der Waals surface area contributed by atoms with E-state index in [2.05, 4.69) is 10.6 Å². The van der Waals surface area contributed by atoms with Crippen LogP contribution in [0.5, 0.6) is 0 Å². The number of nitrogens with one attached hydrogen (secondary N) is 2. The van der Waals surface area contributed by atoms with Gasteiger partial charge >= 0.3 is 5.97 Å². The second-order valence-electron chi connectivity index (χ2n) is 5.92. The van der Waals surface area contributed by atoms with E-state index in [9.17, 15) is 14.4 Å². The molecule has 0 aliphatic carbocycles. The molecule has 0 saturated heterocycles. The van der Waals surface area contributed by atoms with E-state index in [1.54, 1.807) is 48.5 Å². The van der Waals surface area contributed by atoms with Gasteiger partial charge in [-0.25, -0.2) is 4.79 Å². The van der Waals surface area contributed by atoms with Gasteiger partial charge in [0.25, 0.3) is 11.8 Å². The van der Waals surface area contributed by atoms with Crippen LogP contribution in [0.2, 0.25) is 0 Å². The Hall–Kier alpha value is -3.87. The molecule has 0 aliphatic heterocycles. The van der Waals surface area contributed by atoms with Crippen molar-refractivity contribution in [1.82, 2.24) is 9.88 Å². The zero-order valence-corrected chi connectivity index (χ0v) is 15.2. The standard InChI is InChI=1S/C21H19N3O4/c1-22-20(26)16-5-4-6-17(13-16)23-19(25)14-28-21(27)15-7-9-18(10-8-15)24-11-2-3-12-24/h2-13H,14H2,1H3,(H,22,26)(H,23,25). The third kappa shape index (κ3) is 4.64. The Morgan fingerprint density at radius 2 is 1.64 bits per heavy atom. The van der Waals surface area contributed by atoms with Crippen LogP contribution in [0.15, 0.2) is 73.1 Å². The van der Waals surface area contributed by atoms with E-state index in [-0.39, 0.29) is 5.91 Å². The van der Waals surface area contributed by atoms with E-state index < -0.39 is 18.5 Å². The zero-order chi connectivity index (χ0) is 19.9.